The van der Waals surface area contributed by atoms with Gasteiger partial charge in [-0.2, -0.15) is 0 Å². The lowest BCUT2D eigenvalue weighted by atomic mass is 10.3. The van der Waals surface area contributed by atoms with Gasteiger partial charge in [-0.05, 0) is 0 Å². The first-order valence-electron chi connectivity index (χ1n) is 6.27. The summed E-state index contributed by atoms with van der Waals surface area (Å²) in [4.78, 5) is 3.43. The standard InChI is InChI=1S/C12H13F2N5O/c13-8-5-15-6-9(14)12(8)16-2-1-10-17-18-11-7-20-4-3-19(10)11/h5-6H,1-4,7H2,(H,15,16). The van der Waals surface area contributed by atoms with Crippen molar-refractivity contribution in [2.24, 2.45) is 0 Å². The summed E-state index contributed by atoms with van der Waals surface area (Å²) in [5, 5.41) is 10.8. The predicted octanol–water partition coefficient (Wildman–Crippen LogP) is 1.14. The molecule has 2 aromatic heterocycles. The Morgan fingerprint density at radius 2 is 2.05 bits per heavy atom. The minimum absolute atomic E-state index is 0.165. The summed E-state index contributed by atoms with van der Waals surface area (Å²) in [6.07, 6.45) is 2.47. The molecule has 6 nitrogen and oxygen atoms in total. The zero-order valence-electron chi connectivity index (χ0n) is 10.6. The molecule has 20 heavy (non-hydrogen) atoms. The van der Waals surface area contributed by atoms with Gasteiger partial charge < -0.3 is 14.6 Å². The largest absolute Gasteiger partial charge is 0.380 e. The Balaban J connectivity index is 1.64. The third-order valence-electron chi connectivity index (χ3n) is 3.10. The second-order valence-corrected chi connectivity index (χ2v) is 4.39. The Labute approximate surface area is 113 Å². The number of fused-ring (bicyclic) bond motifs is 1. The van der Waals surface area contributed by atoms with E-state index in [4.69, 9.17) is 4.74 Å². The van der Waals surface area contributed by atoms with E-state index < -0.39 is 11.6 Å². The van der Waals surface area contributed by atoms with E-state index in [0.29, 0.717) is 32.7 Å². The molecule has 2 aromatic rings. The number of hydrogen-bond donors (Lipinski definition) is 1. The van der Waals surface area contributed by atoms with Crippen molar-refractivity contribution in [1.29, 1.82) is 0 Å². The van der Waals surface area contributed by atoms with E-state index in [9.17, 15) is 8.78 Å². The van der Waals surface area contributed by atoms with Crippen LogP contribution in [0.2, 0.25) is 0 Å². The molecular formula is C12H13F2N5O. The Bertz CT molecular complexity index is 596. The lowest BCUT2D eigenvalue weighted by molar-refractivity contribution is 0.0806. The Kier molecular flexibility index (Phi) is 3.55. The monoisotopic (exact) mass is 281 g/mol. The fraction of sp³-hybridized carbons (Fsp3) is 0.417. The highest BCUT2D eigenvalue weighted by atomic mass is 19.1. The number of halogens is 2. The zero-order chi connectivity index (χ0) is 13.9. The summed E-state index contributed by atoms with van der Waals surface area (Å²) in [6.45, 7) is 2.14. The van der Waals surface area contributed by atoms with Crippen molar-refractivity contribution in [3.8, 4) is 0 Å². The molecule has 3 rings (SSSR count). The van der Waals surface area contributed by atoms with Crippen molar-refractivity contribution in [2.75, 3.05) is 18.5 Å². The lowest BCUT2D eigenvalue weighted by Gasteiger charge is -2.15. The minimum atomic E-state index is -0.707. The van der Waals surface area contributed by atoms with Gasteiger partial charge in [0.05, 0.1) is 19.0 Å². The summed E-state index contributed by atoms with van der Waals surface area (Å²) in [7, 11) is 0. The minimum Gasteiger partial charge on any atom is -0.380 e. The first kappa shape index (κ1) is 12.9. The van der Waals surface area contributed by atoms with Crippen LogP contribution in [0.5, 0.6) is 0 Å². The number of nitrogens with zero attached hydrogens (tertiary/aromatic N) is 4. The molecule has 0 radical (unpaired) electrons. The van der Waals surface area contributed by atoms with Crippen molar-refractivity contribution in [3.05, 3.63) is 35.7 Å². The van der Waals surface area contributed by atoms with Gasteiger partial charge in [0.25, 0.3) is 0 Å². The van der Waals surface area contributed by atoms with Crippen LogP contribution in [0.15, 0.2) is 12.4 Å². The van der Waals surface area contributed by atoms with Crippen molar-refractivity contribution in [2.45, 2.75) is 19.6 Å². The van der Waals surface area contributed by atoms with Crippen LogP contribution in [-0.2, 0) is 24.3 Å². The van der Waals surface area contributed by atoms with Gasteiger partial charge in [0.15, 0.2) is 17.5 Å². The van der Waals surface area contributed by atoms with E-state index in [0.717, 1.165) is 24.0 Å². The van der Waals surface area contributed by atoms with E-state index in [1.54, 1.807) is 0 Å². The van der Waals surface area contributed by atoms with E-state index >= 15 is 0 Å². The number of hydrogen-bond acceptors (Lipinski definition) is 5. The van der Waals surface area contributed by atoms with E-state index in [-0.39, 0.29) is 5.69 Å². The lowest BCUT2D eigenvalue weighted by Crippen LogP contribution is -2.20. The van der Waals surface area contributed by atoms with Crippen molar-refractivity contribution in [3.63, 3.8) is 0 Å². The molecule has 0 saturated heterocycles. The van der Waals surface area contributed by atoms with Gasteiger partial charge in [0.2, 0.25) is 0 Å². The van der Waals surface area contributed by atoms with E-state index in [1.165, 1.54) is 0 Å². The van der Waals surface area contributed by atoms with Gasteiger partial charge in [0, 0.05) is 19.5 Å². The number of ether oxygens (including phenoxy) is 1. The van der Waals surface area contributed by atoms with Crippen LogP contribution >= 0.6 is 0 Å². The maximum Gasteiger partial charge on any atom is 0.167 e. The third kappa shape index (κ3) is 2.46. The van der Waals surface area contributed by atoms with Crippen LogP contribution in [0.3, 0.4) is 0 Å². The molecule has 0 atom stereocenters. The van der Waals surface area contributed by atoms with Gasteiger partial charge in [-0.1, -0.05) is 0 Å². The molecular weight excluding hydrogens is 268 g/mol. The summed E-state index contributed by atoms with van der Waals surface area (Å²) in [5.74, 6) is 0.154. The highest BCUT2D eigenvalue weighted by Crippen LogP contribution is 2.16. The molecule has 0 aromatic carbocycles. The number of aromatic nitrogens is 4. The zero-order valence-corrected chi connectivity index (χ0v) is 10.6. The van der Waals surface area contributed by atoms with Crippen LogP contribution in [0.25, 0.3) is 0 Å². The summed E-state index contributed by atoms with van der Waals surface area (Å²) >= 11 is 0. The highest BCUT2D eigenvalue weighted by Gasteiger charge is 2.16. The topological polar surface area (TPSA) is 64.9 Å². The van der Waals surface area contributed by atoms with Gasteiger partial charge >= 0.3 is 0 Å². The predicted molar refractivity (Wildman–Crippen MR) is 66.0 cm³/mol. The molecule has 1 aliphatic rings. The average Bonchev–Trinajstić information content (AvgIpc) is 2.86. The van der Waals surface area contributed by atoms with Gasteiger partial charge in [-0.15, -0.1) is 10.2 Å². The second kappa shape index (κ2) is 5.49. The van der Waals surface area contributed by atoms with Crippen molar-refractivity contribution >= 4 is 5.69 Å². The SMILES string of the molecule is Fc1cncc(F)c1NCCc1nnc2n1CCOC2. The second-order valence-electron chi connectivity index (χ2n) is 4.39. The molecule has 1 N–H and O–H groups in total. The molecule has 3 heterocycles. The van der Waals surface area contributed by atoms with Gasteiger partial charge in [-0.3, -0.25) is 4.98 Å². The molecule has 8 heteroatoms. The van der Waals surface area contributed by atoms with Gasteiger partial charge in [0.1, 0.15) is 18.1 Å². The Morgan fingerprint density at radius 1 is 1.25 bits per heavy atom. The first-order valence-corrected chi connectivity index (χ1v) is 6.27. The van der Waals surface area contributed by atoms with Crippen LogP contribution in [0.1, 0.15) is 11.6 Å². The van der Waals surface area contributed by atoms with Crippen LogP contribution in [0.4, 0.5) is 14.5 Å². The fourth-order valence-corrected chi connectivity index (χ4v) is 2.12. The molecule has 0 aliphatic carbocycles. The maximum absolute atomic E-state index is 13.4. The van der Waals surface area contributed by atoms with Crippen molar-refractivity contribution in [1.82, 2.24) is 19.7 Å². The summed E-state index contributed by atoms with van der Waals surface area (Å²) in [5.41, 5.74) is -0.165. The summed E-state index contributed by atoms with van der Waals surface area (Å²) < 4.78 is 34.0. The Morgan fingerprint density at radius 3 is 2.85 bits per heavy atom. The molecule has 0 unspecified atom stereocenters. The Hall–Kier alpha value is -2.09. The fourth-order valence-electron chi connectivity index (χ4n) is 2.12. The molecule has 0 fully saturated rings. The normalized spacial score (nSPS) is 14.1. The molecule has 1 aliphatic heterocycles. The van der Waals surface area contributed by atoms with Crippen molar-refractivity contribution < 1.29 is 13.5 Å². The first-order chi connectivity index (χ1) is 9.75. The third-order valence-corrected chi connectivity index (χ3v) is 3.10. The molecule has 0 saturated carbocycles. The van der Waals surface area contributed by atoms with Crippen LogP contribution < -0.4 is 5.32 Å². The smallest absolute Gasteiger partial charge is 0.167 e. The molecule has 0 bridgehead atoms. The quantitative estimate of drug-likeness (QED) is 0.910. The molecule has 0 amide bonds. The summed E-state index contributed by atoms with van der Waals surface area (Å²) in [6, 6.07) is 0. The van der Waals surface area contributed by atoms with Gasteiger partial charge in [-0.25, -0.2) is 8.78 Å². The highest BCUT2D eigenvalue weighted by molar-refractivity contribution is 5.44. The van der Waals surface area contributed by atoms with Crippen LogP contribution in [0, 0.1) is 11.6 Å². The number of nitrogens with one attached hydrogen (secondary N) is 1. The van der Waals surface area contributed by atoms with E-state index in [2.05, 4.69) is 20.5 Å². The number of rotatable bonds is 4. The van der Waals surface area contributed by atoms with E-state index in [1.807, 2.05) is 4.57 Å². The number of anilines is 1. The van der Waals surface area contributed by atoms with Crippen LogP contribution in [-0.4, -0.2) is 32.9 Å². The maximum atomic E-state index is 13.4. The number of pyridine rings is 1. The molecule has 0 spiro atoms. The average molecular weight is 281 g/mol. The molecule has 106 valence electrons.